The molecule has 122 valence electrons. The molecule has 1 N–H and O–H groups in total. The summed E-state index contributed by atoms with van der Waals surface area (Å²) < 4.78 is 25.0. The van der Waals surface area contributed by atoms with Crippen LogP contribution in [0.3, 0.4) is 0 Å². The number of amides is 1. The van der Waals surface area contributed by atoms with Crippen molar-refractivity contribution < 1.29 is 13.2 Å². The minimum atomic E-state index is -3.22. The average molecular weight is 324 g/mol. The Morgan fingerprint density at radius 2 is 1.95 bits per heavy atom. The maximum Gasteiger partial charge on any atom is 0.227 e. The standard InChI is InChI=1S/C16H24N2O3S/c1-13-6-8-14(9-7-13)11-16(19)18-10-4-3-5-15(18)12-17-22(2,20)21/h6-9,15,17H,3-5,10-12H2,1-2H3. The fourth-order valence-electron chi connectivity index (χ4n) is 2.77. The third-order valence-electron chi connectivity index (χ3n) is 4.00. The van der Waals surface area contributed by atoms with Crippen LogP contribution in [-0.2, 0) is 21.2 Å². The molecule has 2 rings (SSSR count). The highest BCUT2D eigenvalue weighted by Gasteiger charge is 2.27. The summed E-state index contributed by atoms with van der Waals surface area (Å²) in [6, 6.07) is 7.91. The number of likely N-dealkylation sites (tertiary alicyclic amines) is 1. The molecule has 22 heavy (non-hydrogen) atoms. The van der Waals surface area contributed by atoms with E-state index < -0.39 is 10.0 Å². The summed E-state index contributed by atoms with van der Waals surface area (Å²) in [5.74, 6) is 0.0730. The molecule has 0 aliphatic carbocycles. The van der Waals surface area contributed by atoms with E-state index in [9.17, 15) is 13.2 Å². The van der Waals surface area contributed by atoms with Gasteiger partial charge in [0.15, 0.2) is 0 Å². The predicted octanol–water partition coefficient (Wildman–Crippen LogP) is 1.47. The normalized spacial score (nSPS) is 19.2. The molecule has 6 heteroatoms. The Morgan fingerprint density at radius 3 is 2.59 bits per heavy atom. The maximum absolute atomic E-state index is 12.5. The molecule has 1 atom stereocenters. The second kappa shape index (κ2) is 7.24. The molecule has 1 amide bonds. The monoisotopic (exact) mass is 324 g/mol. The van der Waals surface area contributed by atoms with Gasteiger partial charge in [-0.05, 0) is 31.7 Å². The van der Waals surface area contributed by atoms with Gasteiger partial charge in [-0.3, -0.25) is 4.79 Å². The summed E-state index contributed by atoms with van der Waals surface area (Å²) in [4.78, 5) is 14.4. The number of nitrogens with zero attached hydrogens (tertiary/aromatic N) is 1. The molecule has 0 aromatic heterocycles. The summed E-state index contributed by atoms with van der Waals surface area (Å²) in [7, 11) is -3.22. The molecule has 1 unspecified atom stereocenters. The Bertz CT molecular complexity index is 611. The molecule has 1 aliphatic rings. The zero-order valence-corrected chi connectivity index (χ0v) is 14.0. The van der Waals surface area contributed by atoms with Crippen LogP contribution in [0.25, 0.3) is 0 Å². The Balaban J connectivity index is 2.00. The van der Waals surface area contributed by atoms with Crippen LogP contribution in [0, 0.1) is 6.92 Å². The van der Waals surface area contributed by atoms with Crippen molar-refractivity contribution in [2.45, 2.75) is 38.6 Å². The number of rotatable bonds is 5. The second-order valence-corrected chi connectivity index (χ2v) is 7.85. The van der Waals surface area contributed by atoms with Gasteiger partial charge >= 0.3 is 0 Å². The first kappa shape index (κ1) is 17.0. The molecule has 1 fully saturated rings. The molecule has 1 saturated heterocycles. The number of carbonyl (C=O) groups is 1. The number of benzene rings is 1. The smallest absolute Gasteiger partial charge is 0.227 e. The Labute approximate surface area is 132 Å². The van der Waals surface area contributed by atoms with Gasteiger partial charge in [-0.15, -0.1) is 0 Å². The third-order valence-corrected chi connectivity index (χ3v) is 4.70. The van der Waals surface area contributed by atoms with Gasteiger partial charge in [-0.2, -0.15) is 0 Å². The van der Waals surface area contributed by atoms with Gasteiger partial charge in [0.25, 0.3) is 0 Å². The Hall–Kier alpha value is -1.40. The first-order valence-electron chi connectivity index (χ1n) is 7.65. The van der Waals surface area contributed by atoms with Crippen LogP contribution < -0.4 is 4.72 Å². The predicted molar refractivity (Wildman–Crippen MR) is 87.1 cm³/mol. The van der Waals surface area contributed by atoms with Crippen molar-refractivity contribution in [2.24, 2.45) is 0 Å². The number of nitrogens with one attached hydrogen (secondary N) is 1. The highest BCUT2D eigenvalue weighted by Crippen LogP contribution is 2.18. The average Bonchev–Trinajstić information content (AvgIpc) is 2.47. The topological polar surface area (TPSA) is 66.5 Å². The SMILES string of the molecule is Cc1ccc(CC(=O)N2CCCCC2CNS(C)(=O)=O)cc1. The fraction of sp³-hybridized carbons (Fsp3) is 0.562. The lowest BCUT2D eigenvalue weighted by Gasteiger charge is -2.36. The van der Waals surface area contributed by atoms with Crippen molar-refractivity contribution in [2.75, 3.05) is 19.3 Å². The van der Waals surface area contributed by atoms with Gasteiger partial charge in [-0.1, -0.05) is 29.8 Å². The van der Waals surface area contributed by atoms with Crippen LogP contribution in [0.5, 0.6) is 0 Å². The lowest BCUT2D eigenvalue weighted by Crippen LogP contribution is -2.49. The molecule has 0 bridgehead atoms. The lowest BCUT2D eigenvalue weighted by molar-refractivity contribution is -0.133. The molecule has 1 aromatic carbocycles. The van der Waals surface area contributed by atoms with E-state index in [2.05, 4.69) is 4.72 Å². The van der Waals surface area contributed by atoms with Crippen LogP contribution in [-0.4, -0.2) is 44.6 Å². The summed E-state index contributed by atoms with van der Waals surface area (Å²) in [6.45, 7) is 3.03. The van der Waals surface area contributed by atoms with Gasteiger partial charge in [0.1, 0.15) is 0 Å². The van der Waals surface area contributed by atoms with E-state index in [0.717, 1.165) is 31.1 Å². The summed E-state index contributed by atoms with van der Waals surface area (Å²) in [6.07, 6.45) is 4.38. The summed E-state index contributed by atoms with van der Waals surface area (Å²) in [5, 5.41) is 0. The zero-order chi connectivity index (χ0) is 16.2. The zero-order valence-electron chi connectivity index (χ0n) is 13.2. The number of hydrogen-bond donors (Lipinski definition) is 1. The van der Waals surface area contributed by atoms with Crippen LogP contribution in [0.4, 0.5) is 0 Å². The minimum Gasteiger partial charge on any atom is -0.338 e. The number of carbonyl (C=O) groups excluding carboxylic acids is 1. The van der Waals surface area contributed by atoms with Crippen LogP contribution in [0.2, 0.25) is 0 Å². The van der Waals surface area contributed by atoms with Crippen LogP contribution in [0.15, 0.2) is 24.3 Å². The van der Waals surface area contributed by atoms with Gasteiger partial charge in [0.05, 0.1) is 12.7 Å². The van der Waals surface area contributed by atoms with Gasteiger partial charge in [-0.25, -0.2) is 13.1 Å². The first-order valence-corrected chi connectivity index (χ1v) is 9.54. The molecule has 1 heterocycles. The van der Waals surface area contributed by atoms with Crippen molar-refractivity contribution in [3.8, 4) is 0 Å². The molecule has 0 saturated carbocycles. The minimum absolute atomic E-state index is 0.0403. The van der Waals surface area contributed by atoms with Crippen molar-refractivity contribution in [3.05, 3.63) is 35.4 Å². The van der Waals surface area contributed by atoms with E-state index in [4.69, 9.17) is 0 Å². The van der Waals surface area contributed by atoms with E-state index in [1.807, 2.05) is 36.1 Å². The number of hydrogen-bond acceptors (Lipinski definition) is 3. The van der Waals surface area contributed by atoms with Gasteiger partial charge < -0.3 is 4.90 Å². The first-order chi connectivity index (χ1) is 10.3. The quantitative estimate of drug-likeness (QED) is 0.892. The van der Waals surface area contributed by atoms with Gasteiger partial charge in [0, 0.05) is 19.1 Å². The molecular weight excluding hydrogens is 300 g/mol. The number of piperidine rings is 1. The molecule has 0 spiro atoms. The largest absolute Gasteiger partial charge is 0.338 e. The Kier molecular flexibility index (Phi) is 5.58. The van der Waals surface area contributed by atoms with Crippen molar-refractivity contribution in [1.29, 1.82) is 0 Å². The number of sulfonamides is 1. The van der Waals surface area contributed by atoms with E-state index in [1.54, 1.807) is 0 Å². The fourth-order valence-corrected chi connectivity index (χ4v) is 3.27. The van der Waals surface area contributed by atoms with Crippen molar-refractivity contribution >= 4 is 15.9 Å². The highest BCUT2D eigenvalue weighted by atomic mass is 32.2. The summed E-state index contributed by atoms with van der Waals surface area (Å²) >= 11 is 0. The van der Waals surface area contributed by atoms with Crippen molar-refractivity contribution in [3.63, 3.8) is 0 Å². The molecule has 5 nitrogen and oxygen atoms in total. The van der Waals surface area contributed by atoms with Gasteiger partial charge in [0.2, 0.25) is 15.9 Å². The highest BCUT2D eigenvalue weighted by molar-refractivity contribution is 7.88. The maximum atomic E-state index is 12.5. The van der Waals surface area contributed by atoms with E-state index >= 15 is 0 Å². The molecular formula is C16H24N2O3S. The number of aryl methyl sites for hydroxylation is 1. The third kappa shape index (κ3) is 5.10. The summed E-state index contributed by atoms with van der Waals surface area (Å²) in [5.41, 5.74) is 2.17. The van der Waals surface area contributed by atoms with E-state index in [0.29, 0.717) is 19.5 Å². The molecule has 0 radical (unpaired) electrons. The lowest BCUT2D eigenvalue weighted by atomic mass is 10.0. The van der Waals surface area contributed by atoms with Crippen molar-refractivity contribution in [1.82, 2.24) is 9.62 Å². The van der Waals surface area contributed by atoms with Crippen LogP contribution in [0.1, 0.15) is 30.4 Å². The second-order valence-electron chi connectivity index (χ2n) is 6.02. The van der Waals surface area contributed by atoms with Crippen LogP contribution >= 0.6 is 0 Å². The van der Waals surface area contributed by atoms with E-state index in [1.165, 1.54) is 5.56 Å². The van der Waals surface area contributed by atoms with E-state index in [-0.39, 0.29) is 11.9 Å². The molecule has 1 aromatic rings. The Morgan fingerprint density at radius 1 is 1.27 bits per heavy atom. The molecule has 1 aliphatic heterocycles.